The van der Waals surface area contributed by atoms with Crippen molar-refractivity contribution in [2.24, 2.45) is 23.2 Å². The summed E-state index contributed by atoms with van der Waals surface area (Å²) in [5, 5.41) is 3.04. The molecule has 4 bridgehead atoms. The first-order valence-corrected chi connectivity index (χ1v) is 12.0. The normalized spacial score (nSPS) is 33.2. The van der Waals surface area contributed by atoms with E-state index in [1.54, 1.807) is 6.33 Å². The van der Waals surface area contributed by atoms with Crippen LogP contribution in [-0.4, -0.2) is 55.4 Å². The molecule has 170 valence electrons. The van der Waals surface area contributed by atoms with Gasteiger partial charge in [-0.3, -0.25) is 9.59 Å². The van der Waals surface area contributed by atoms with Gasteiger partial charge in [0.15, 0.2) is 11.5 Å². The molecule has 0 aromatic carbocycles. The average molecular weight is 438 g/mol. The minimum Gasteiger partial charge on any atom is -0.382 e. The summed E-state index contributed by atoms with van der Waals surface area (Å²) in [6.45, 7) is 1.69. The van der Waals surface area contributed by atoms with Crippen molar-refractivity contribution >= 4 is 28.8 Å². The smallest absolute Gasteiger partial charge is 0.242 e. The summed E-state index contributed by atoms with van der Waals surface area (Å²) in [7, 11) is 0. The summed E-state index contributed by atoms with van der Waals surface area (Å²) in [5.74, 6) is 2.75. The number of nitrogens with two attached hydrogens (primary N) is 1. The van der Waals surface area contributed by atoms with E-state index < -0.39 is 0 Å². The van der Waals surface area contributed by atoms with Gasteiger partial charge in [-0.25, -0.2) is 15.0 Å². The van der Waals surface area contributed by atoms with Gasteiger partial charge in [0.05, 0.1) is 11.7 Å². The number of carbonyl (C=O) groups is 2. The number of rotatable bonds is 5. The highest BCUT2D eigenvalue weighted by molar-refractivity contribution is 5.91. The lowest BCUT2D eigenvalue weighted by atomic mass is 9.49. The van der Waals surface area contributed by atoms with Gasteiger partial charge in [-0.2, -0.15) is 0 Å². The van der Waals surface area contributed by atoms with Crippen LogP contribution in [0.4, 0.5) is 5.82 Å². The zero-order valence-electron chi connectivity index (χ0n) is 18.4. The third kappa shape index (κ3) is 3.16. The lowest BCUT2D eigenvalue weighted by Gasteiger charge is -2.56. The average Bonchev–Trinajstić information content (AvgIpc) is 3.40. The van der Waals surface area contributed by atoms with Gasteiger partial charge in [0.25, 0.3) is 0 Å². The lowest BCUT2D eigenvalue weighted by Crippen LogP contribution is -2.57. The predicted molar refractivity (Wildman–Crippen MR) is 118 cm³/mol. The molecule has 5 fully saturated rings. The molecule has 0 spiro atoms. The number of fused-ring (bicyclic) bond motifs is 1. The SMILES string of the molecule is Nc1ncnc2c1ncn2CCNC(=O)C1CCCN1C(=O)C12CC3CC(CC(C3)C1)C2. The van der Waals surface area contributed by atoms with E-state index in [9.17, 15) is 9.59 Å². The largest absolute Gasteiger partial charge is 0.382 e. The molecule has 3 N–H and O–H groups in total. The van der Waals surface area contributed by atoms with E-state index in [1.165, 1.54) is 25.6 Å². The van der Waals surface area contributed by atoms with Crippen molar-refractivity contribution < 1.29 is 9.59 Å². The number of carbonyl (C=O) groups excluding carboxylic acids is 2. The molecular weight excluding hydrogens is 406 g/mol. The van der Waals surface area contributed by atoms with Crippen molar-refractivity contribution in [1.82, 2.24) is 29.7 Å². The fourth-order valence-electron chi connectivity index (χ4n) is 7.44. The Balaban J connectivity index is 1.11. The second kappa shape index (κ2) is 7.42. The summed E-state index contributed by atoms with van der Waals surface area (Å²) in [5.41, 5.74) is 6.89. The standard InChI is InChI=1S/C23H31N7O2/c24-19-18-20(27-12-26-19)29(13-28-18)5-3-25-21(31)17-2-1-4-30(17)22(32)23-9-14-6-15(10-23)8-16(7-14)11-23/h12-17H,1-11H2,(H,25,31)(H2,24,26,27). The number of hydrogen-bond donors (Lipinski definition) is 2. The van der Waals surface area contributed by atoms with Crippen molar-refractivity contribution in [1.29, 1.82) is 0 Å². The van der Waals surface area contributed by atoms with Crippen LogP contribution < -0.4 is 11.1 Å². The maximum absolute atomic E-state index is 13.8. The van der Waals surface area contributed by atoms with E-state index >= 15 is 0 Å². The third-order valence-corrected chi connectivity index (χ3v) is 8.39. The third-order valence-electron chi connectivity index (χ3n) is 8.39. The molecule has 1 aliphatic heterocycles. The van der Waals surface area contributed by atoms with Crippen LogP contribution in [0.2, 0.25) is 0 Å². The first-order valence-electron chi connectivity index (χ1n) is 12.0. The fraction of sp³-hybridized carbons (Fsp3) is 0.696. The Hall–Kier alpha value is -2.71. The van der Waals surface area contributed by atoms with Crippen LogP contribution in [0.15, 0.2) is 12.7 Å². The quantitative estimate of drug-likeness (QED) is 0.735. The molecule has 1 unspecified atom stereocenters. The summed E-state index contributed by atoms with van der Waals surface area (Å²) >= 11 is 0. The summed E-state index contributed by atoms with van der Waals surface area (Å²) in [6, 6.07) is -0.340. The second-order valence-corrected chi connectivity index (χ2v) is 10.5. The number of anilines is 1. The van der Waals surface area contributed by atoms with Crippen LogP contribution in [0.1, 0.15) is 51.4 Å². The van der Waals surface area contributed by atoms with E-state index in [4.69, 9.17) is 5.73 Å². The molecule has 3 heterocycles. The van der Waals surface area contributed by atoms with Crippen molar-refractivity contribution in [3.05, 3.63) is 12.7 Å². The monoisotopic (exact) mass is 437 g/mol. The van der Waals surface area contributed by atoms with Crippen LogP contribution >= 0.6 is 0 Å². The summed E-state index contributed by atoms with van der Waals surface area (Å²) < 4.78 is 1.86. The minimum absolute atomic E-state index is 0.0425. The van der Waals surface area contributed by atoms with Gasteiger partial charge in [-0.05, 0) is 69.1 Å². The van der Waals surface area contributed by atoms with Crippen molar-refractivity contribution in [2.75, 3.05) is 18.8 Å². The van der Waals surface area contributed by atoms with E-state index in [0.29, 0.717) is 36.6 Å². The zero-order valence-corrected chi connectivity index (χ0v) is 18.4. The molecule has 2 amide bonds. The molecule has 4 aliphatic carbocycles. The van der Waals surface area contributed by atoms with E-state index in [1.807, 2.05) is 9.47 Å². The number of nitrogen functional groups attached to an aromatic ring is 1. The molecule has 2 aromatic heterocycles. The number of hydrogen-bond acceptors (Lipinski definition) is 6. The summed E-state index contributed by atoms with van der Waals surface area (Å²) in [4.78, 5) is 41.2. The maximum atomic E-state index is 13.8. The van der Waals surface area contributed by atoms with E-state index in [2.05, 4.69) is 20.3 Å². The molecule has 9 heteroatoms. The molecule has 32 heavy (non-hydrogen) atoms. The van der Waals surface area contributed by atoms with Crippen molar-refractivity contribution in [3.63, 3.8) is 0 Å². The molecule has 4 saturated carbocycles. The maximum Gasteiger partial charge on any atom is 0.242 e. The van der Waals surface area contributed by atoms with Gasteiger partial charge in [0.1, 0.15) is 17.9 Å². The number of imidazole rings is 1. The molecule has 7 rings (SSSR count). The Morgan fingerprint density at radius 1 is 1.09 bits per heavy atom. The predicted octanol–water partition coefficient (Wildman–Crippen LogP) is 1.73. The van der Waals surface area contributed by atoms with E-state index in [-0.39, 0.29) is 23.3 Å². The highest BCUT2D eigenvalue weighted by Crippen LogP contribution is 2.60. The fourth-order valence-corrected chi connectivity index (χ4v) is 7.44. The van der Waals surface area contributed by atoms with Crippen LogP contribution in [-0.2, 0) is 16.1 Å². The van der Waals surface area contributed by atoms with Gasteiger partial charge in [0.2, 0.25) is 11.8 Å². The Morgan fingerprint density at radius 2 is 1.81 bits per heavy atom. The molecule has 0 radical (unpaired) electrons. The number of amides is 2. The van der Waals surface area contributed by atoms with Gasteiger partial charge in [-0.15, -0.1) is 0 Å². The number of likely N-dealkylation sites (tertiary alicyclic amines) is 1. The molecule has 2 aromatic rings. The van der Waals surface area contributed by atoms with E-state index in [0.717, 1.165) is 49.9 Å². The van der Waals surface area contributed by atoms with Crippen LogP contribution in [0.25, 0.3) is 11.2 Å². The van der Waals surface area contributed by atoms with Crippen molar-refractivity contribution in [3.8, 4) is 0 Å². The van der Waals surface area contributed by atoms with Gasteiger partial charge < -0.3 is 20.5 Å². The molecule has 1 atom stereocenters. The molecular formula is C23H31N7O2. The Kier molecular flexibility index (Phi) is 4.62. The van der Waals surface area contributed by atoms with Crippen LogP contribution in [0.3, 0.4) is 0 Å². The zero-order chi connectivity index (χ0) is 21.9. The number of nitrogens with one attached hydrogen (secondary N) is 1. The number of aromatic nitrogens is 4. The van der Waals surface area contributed by atoms with Gasteiger partial charge in [-0.1, -0.05) is 0 Å². The molecule has 9 nitrogen and oxygen atoms in total. The summed E-state index contributed by atoms with van der Waals surface area (Å²) in [6.07, 6.45) is 11.8. The first kappa shape index (κ1) is 19.9. The Bertz CT molecular complexity index is 1030. The highest BCUT2D eigenvalue weighted by Gasteiger charge is 2.56. The first-order chi connectivity index (χ1) is 15.5. The highest BCUT2D eigenvalue weighted by atomic mass is 16.2. The molecule has 5 aliphatic rings. The second-order valence-electron chi connectivity index (χ2n) is 10.5. The number of nitrogens with zero attached hydrogens (tertiary/aromatic N) is 5. The van der Waals surface area contributed by atoms with Crippen LogP contribution in [0, 0.1) is 23.2 Å². The van der Waals surface area contributed by atoms with Gasteiger partial charge in [0, 0.05) is 19.6 Å². The Labute approximate surface area is 187 Å². The lowest BCUT2D eigenvalue weighted by molar-refractivity contribution is -0.160. The van der Waals surface area contributed by atoms with Crippen LogP contribution in [0.5, 0.6) is 0 Å². The van der Waals surface area contributed by atoms with Gasteiger partial charge >= 0.3 is 0 Å². The van der Waals surface area contributed by atoms with Crippen molar-refractivity contribution in [2.45, 2.75) is 64.0 Å². The Morgan fingerprint density at radius 3 is 2.53 bits per heavy atom. The minimum atomic E-state index is -0.340. The molecule has 1 saturated heterocycles. The topological polar surface area (TPSA) is 119 Å².